The molecule has 4 heteroatoms. The molecule has 0 amide bonds. The molecule has 1 aromatic heterocycles. The van der Waals surface area contributed by atoms with Gasteiger partial charge in [-0.25, -0.2) is 9.97 Å². The average Bonchev–Trinajstić information content (AvgIpc) is 2.49. The number of hydrogen-bond acceptors (Lipinski definition) is 4. The fourth-order valence-electron chi connectivity index (χ4n) is 2.59. The zero-order chi connectivity index (χ0) is 15.2. The Balaban J connectivity index is 2.51. The molecule has 1 unspecified atom stereocenters. The van der Waals surface area contributed by atoms with Crippen LogP contribution in [0.5, 0.6) is 5.75 Å². The molecule has 0 saturated heterocycles. The molecule has 1 heterocycles. The third kappa shape index (κ3) is 3.58. The second-order valence-corrected chi connectivity index (χ2v) is 5.22. The smallest absolute Gasteiger partial charge is 0.124 e. The van der Waals surface area contributed by atoms with Crippen LogP contribution in [0.4, 0.5) is 0 Å². The number of aryl methyl sites for hydroxylation is 2. The van der Waals surface area contributed by atoms with Crippen LogP contribution in [0, 0.1) is 13.8 Å². The van der Waals surface area contributed by atoms with E-state index < -0.39 is 0 Å². The first kappa shape index (κ1) is 15.4. The van der Waals surface area contributed by atoms with Crippen LogP contribution in [0.15, 0.2) is 30.7 Å². The van der Waals surface area contributed by atoms with E-state index in [4.69, 9.17) is 4.74 Å². The first-order valence-corrected chi connectivity index (χ1v) is 7.31. The third-order valence-corrected chi connectivity index (χ3v) is 3.50. The van der Waals surface area contributed by atoms with Gasteiger partial charge in [0.1, 0.15) is 12.1 Å². The summed E-state index contributed by atoms with van der Waals surface area (Å²) in [5.41, 5.74) is 4.52. The highest BCUT2D eigenvalue weighted by molar-refractivity contribution is 5.47. The molecule has 0 fully saturated rings. The molecule has 4 nitrogen and oxygen atoms in total. The predicted molar refractivity (Wildman–Crippen MR) is 84.6 cm³/mol. The lowest BCUT2D eigenvalue weighted by molar-refractivity contribution is 0.402. The fourth-order valence-corrected chi connectivity index (χ4v) is 2.59. The van der Waals surface area contributed by atoms with Crippen LogP contribution < -0.4 is 10.1 Å². The topological polar surface area (TPSA) is 47.0 Å². The van der Waals surface area contributed by atoms with Gasteiger partial charge in [0.05, 0.1) is 18.8 Å². The van der Waals surface area contributed by atoms with Gasteiger partial charge in [-0.1, -0.05) is 13.0 Å². The summed E-state index contributed by atoms with van der Waals surface area (Å²) in [5.74, 6) is 0.903. The molecule has 1 aromatic carbocycles. The van der Waals surface area contributed by atoms with Gasteiger partial charge in [-0.3, -0.25) is 0 Å². The fraction of sp³-hybridized carbons (Fsp3) is 0.412. The van der Waals surface area contributed by atoms with Crippen molar-refractivity contribution >= 4 is 0 Å². The molecule has 0 saturated carbocycles. The first-order valence-electron chi connectivity index (χ1n) is 7.31. The van der Waals surface area contributed by atoms with Crippen molar-refractivity contribution in [3.05, 3.63) is 53.1 Å². The van der Waals surface area contributed by atoms with E-state index in [0.29, 0.717) is 0 Å². The standard InChI is InChI=1S/C17H23N3O/c1-5-7-19-17(14-6-8-18-11-20-14)16-13(3)9-12(2)10-15(16)21-4/h6,8-11,17,19H,5,7H2,1-4H3. The lowest BCUT2D eigenvalue weighted by Gasteiger charge is -2.23. The van der Waals surface area contributed by atoms with Gasteiger partial charge in [0.15, 0.2) is 0 Å². The average molecular weight is 285 g/mol. The molecular formula is C17H23N3O. The van der Waals surface area contributed by atoms with E-state index in [2.05, 4.69) is 48.2 Å². The number of aromatic nitrogens is 2. The van der Waals surface area contributed by atoms with Crippen LogP contribution in [-0.2, 0) is 0 Å². The van der Waals surface area contributed by atoms with E-state index in [1.165, 1.54) is 11.1 Å². The Morgan fingerprint density at radius 2 is 2.10 bits per heavy atom. The lowest BCUT2D eigenvalue weighted by Crippen LogP contribution is -2.25. The summed E-state index contributed by atoms with van der Waals surface area (Å²) >= 11 is 0. The largest absolute Gasteiger partial charge is 0.496 e. The van der Waals surface area contributed by atoms with Gasteiger partial charge < -0.3 is 10.1 Å². The number of nitrogens with zero attached hydrogens (tertiary/aromatic N) is 2. The van der Waals surface area contributed by atoms with Crippen LogP contribution in [0.25, 0.3) is 0 Å². The maximum absolute atomic E-state index is 5.61. The van der Waals surface area contributed by atoms with Crippen molar-refractivity contribution in [2.75, 3.05) is 13.7 Å². The number of nitrogens with one attached hydrogen (secondary N) is 1. The molecule has 0 radical (unpaired) electrons. The van der Waals surface area contributed by atoms with E-state index in [1.54, 1.807) is 19.6 Å². The molecule has 112 valence electrons. The summed E-state index contributed by atoms with van der Waals surface area (Å²) in [6.45, 7) is 7.28. The predicted octanol–water partition coefficient (Wildman–Crippen LogP) is 3.19. The van der Waals surface area contributed by atoms with Crippen molar-refractivity contribution < 1.29 is 4.74 Å². The Labute approximate surface area is 126 Å². The van der Waals surface area contributed by atoms with Crippen molar-refractivity contribution in [2.45, 2.75) is 33.2 Å². The highest BCUT2D eigenvalue weighted by Gasteiger charge is 2.21. The second-order valence-electron chi connectivity index (χ2n) is 5.22. The Morgan fingerprint density at radius 3 is 2.71 bits per heavy atom. The maximum Gasteiger partial charge on any atom is 0.124 e. The Kier molecular flexibility index (Phi) is 5.28. The van der Waals surface area contributed by atoms with Gasteiger partial charge >= 0.3 is 0 Å². The van der Waals surface area contributed by atoms with Gasteiger partial charge in [-0.15, -0.1) is 0 Å². The molecule has 0 aliphatic heterocycles. The maximum atomic E-state index is 5.61. The molecule has 1 atom stereocenters. The SMILES string of the molecule is CCCNC(c1ccncn1)c1c(C)cc(C)cc1OC. The molecule has 2 aromatic rings. The molecule has 0 spiro atoms. The summed E-state index contributed by atoms with van der Waals surface area (Å²) < 4.78 is 5.61. The number of rotatable bonds is 6. The van der Waals surface area contributed by atoms with E-state index in [0.717, 1.165) is 30.0 Å². The molecule has 0 aliphatic carbocycles. The van der Waals surface area contributed by atoms with E-state index in [-0.39, 0.29) is 6.04 Å². The van der Waals surface area contributed by atoms with Crippen LogP contribution in [0.2, 0.25) is 0 Å². The summed E-state index contributed by atoms with van der Waals surface area (Å²) in [4.78, 5) is 8.43. The minimum atomic E-state index is 0.0171. The second kappa shape index (κ2) is 7.18. The Morgan fingerprint density at radius 1 is 1.29 bits per heavy atom. The number of hydrogen-bond donors (Lipinski definition) is 1. The first-order chi connectivity index (χ1) is 10.2. The van der Waals surface area contributed by atoms with Crippen molar-refractivity contribution in [1.82, 2.24) is 15.3 Å². The van der Waals surface area contributed by atoms with Crippen LogP contribution in [0.3, 0.4) is 0 Å². The van der Waals surface area contributed by atoms with Gasteiger partial charge in [0.2, 0.25) is 0 Å². The Hall–Kier alpha value is -1.94. The van der Waals surface area contributed by atoms with Crippen molar-refractivity contribution in [3.63, 3.8) is 0 Å². The summed E-state index contributed by atoms with van der Waals surface area (Å²) in [7, 11) is 1.72. The Bertz CT molecular complexity index is 584. The van der Waals surface area contributed by atoms with E-state index in [9.17, 15) is 0 Å². The lowest BCUT2D eigenvalue weighted by atomic mass is 9.95. The number of ether oxygens (including phenoxy) is 1. The summed E-state index contributed by atoms with van der Waals surface area (Å²) in [6.07, 6.45) is 4.43. The normalized spacial score (nSPS) is 12.2. The molecular weight excluding hydrogens is 262 g/mol. The third-order valence-electron chi connectivity index (χ3n) is 3.50. The van der Waals surface area contributed by atoms with Gasteiger partial charge in [0, 0.05) is 11.8 Å². The molecule has 1 N–H and O–H groups in total. The van der Waals surface area contributed by atoms with Crippen molar-refractivity contribution in [1.29, 1.82) is 0 Å². The van der Waals surface area contributed by atoms with E-state index >= 15 is 0 Å². The van der Waals surface area contributed by atoms with Crippen LogP contribution in [-0.4, -0.2) is 23.6 Å². The van der Waals surface area contributed by atoms with Crippen molar-refractivity contribution in [2.24, 2.45) is 0 Å². The zero-order valence-electron chi connectivity index (χ0n) is 13.2. The molecule has 2 rings (SSSR count). The number of methoxy groups -OCH3 is 1. The van der Waals surface area contributed by atoms with Crippen LogP contribution >= 0.6 is 0 Å². The minimum absolute atomic E-state index is 0.0171. The number of benzene rings is 1. The van der Waals surface area contributed by atoms with Crippen molar-refractivity contribution in [3.8, 4) is 5.75 Å². The molecule has 0 aliphatic rings. The highest BCUT2D eigenvalue weighted by atomic mass is 16.5. The summed E-state index contributed by atoms with van der Waals surface area (Å²) in [6, 6.07) is 6.22. The van der Waals surface area contributed by atoms with Crippen LogP contribution in [0.1, 0.15) is 41.8 Å². The monoisotopic (exact) mass is 285 g/mol. The van der Waals surface area contributed by atoms with Gasteiger partial charge in [-0.05, 0) is 50.1 Å². The highest BCUT2D eigenvalue weighted by Crippen LogP contribution is 2.33. The minimum Gasteiger partial charge on any atom is -0.496 e. The van der Waals surface area contributed by atoms with Gasteiger partial charge in [-0.2, -0.15) is 0 Å². The zero-order valence-corrected chi connectivity index (χ0v) is 13.2. The molecule has 21 heavy (non-hydrogen) atoms. The molecule has 0 bridgehead atoms. The van der Waals surface area contributed by atoms with E-state index in [1.807, 2.05) is 6.07 Å². The van der Waals surface area contributed by atoms with Gasteiger partial charge in [0.25, 0.3) is 0 Å². The quantitative estimate of drug-likeness (QED) is 0.885. The summed E-state index contributed by atoms with van der Waals surface area (Å²) in [5, 5.41) is 3.57.